The summed E-state index contributed by atoms with van der Waals surface area (Å²) >= 11 is 0. The van der Waals surface area contributed by atoms with Crippen molar-refractivity contribution in [2.24, 2.45) is 0 Å². The molecule has 0 unspecified atom stereocenters. The predicted molar refractivity (Wildman–Crippen MR) is 120 cm³/mol. The number of carbonyl (C=O) groups excluding carboxylic acids is 2. The van der Waals surface area contributed by atoms with Gasteiger partial charge in [-0.1, -0.05) is 24.3 Å². The van der Waals surface area contributed by atoms with E-state index >= 15 is 0 Å². The first kappa shape index (κ1) is 20.0. The first-order valence-corrected chi connectivity index (χ1v) is 10.2. The quantitative estimate of drug-likeness (QED) is 0.649. The van der Waals surface area contributed by atoms with Crippen molar-refractivity contribution < 1.29 is 9.59 Å². The van der Waals surface area contributed by atoms with Crippen molar-refractivity contribution >= 4 is 34.1 Å². The summed E-state index contributed by atoms with van der Waals surface area (Å²) in [6.45, 7) is 2.22. The molecule has 0 saturated heterocycles. The second-order valence-electron chi connectivity index (χ2n) is 8.16. The van der Waals surface area contributed by atoms with Crippen LogP contribution in [0.3, 0.4) is 0 Å². The van der Waals surface area contributed by atoms with Crippen molar-refractivity contribution in [1.82, 2.24) is 9.88 Å². The molecule has 2 aromatic carbocycles. The first-order valence-electron chi connectivity index (χ1n) is 10.2. The molecule has 4 rings (SSSR count). The molecule has 1 aromatic heterocycles. The van der Waals surface area contributed by atoms with E-state index < -0.39 is 0 Å². The maximum absolute atomic E-state index is 13.2. The third-order valence-electron chi connectivity index (χ3n) is 5.21. The molecule has 1 heterocycles. The van der Waals surface area contributed by atoms with Crippen LogP contribution in [0.2, 0.25) is 0 Å². The number of nitrogens with one attached hydrogen (secondary N) is 2. The Balaban J connectivity index is 1.60. The van der Waals surface area contributed by atoms with Gasteiger partial charge in [-0.2, -0.15) is 0 Å². The lowest BCUT2D eigenvalue weighted by molar-refractivity contribution is -0.116. The fourth-order valence-corrected chi connectivity index (χ4v) is 3.48. The minimum atomic E-state index is -0.176. The van der Waals surface area contributed by atoms with Gasteiger partial charge in [0.05, 0.1) is 17.6 Å². The number of amides is 2. The maximum Gasteiger partial charge on any atom is 0.256 e. The number of carbonyl (C=O) groups is 2. The van der Waals surface area contributed by atoms with Crippen molar-refractivity contribution in [3.63, 3.8) is 0 Å². The normalized spacial score (nSPS) is 13.5. The summed E-state index contributed by atoms with van der Waals surface area (Å²) in [6, 6.07) is 15.2. The summed E-state index contributed by atoms with van der Waals surface area (Å²) in [5, 5.41) is 6.74. The lowest BCUT2D eigenvalue weighted by atomic mass is 10.0. The number of fused-ring (bicyclic) bond motifs is 1. The van der Waals surface area contributed by atoms with Gasteiger partial charge in [0, 0.05) is 28.4 Å². The molecular weight excluding hydrogens is 376 g/mol. The van der Waals surface area contributed by atoms with Gasteiger partial charge in [-0.3, -0.25) is 14.6 Å². The molecule has 6 heteroatoms. The summed E-state index contributed by atoms with van der Waals surface area (Å²) < 4.78 is 0. The van der Waals surface area contributed by atoms with Crippen molar-refractivity contribution in [3.05, 3.63) is 65.4 Å². The summed E-state index contributed by atoms with van der Waals surface area (Å²) in [5.74, 6) is 0.185. The highest BCUT2D eigenvalue weighted by Gasteiger charge is 2.27. The molecule has 30 heavy (non-hydrogen) atoms. The van der Waals surface area contributed by atoms with Gasteiger partial charge in [0.15, 0.2) is 0 Å². The number of nitrogens with zero attached hydrogens (tertiary/aromatic N) is 2. The van der Waals surface area contributed by atoms with E-state index in [2.05, 4.69) is 10.6 Å². The Morgan fingerprint density at radius 3 is 2.57 bits per heavy atom. The van der Waals surface area contributed by atoms with Gasteiger partial charge in [-0.15, -0.1) is 0 Å². The van der Waals surface area contributed by atoms with Crippen LogP contribution in [-0.4, -0.2) is 42.3 Å². The number of para-hydroxylation sites is 1. The number of pyridine rings is 1. The van der Waals surface area contributed by atoms with E-state index in [4.69, 9.17) is 4.98 Å². The second-order valence-corrected chi connectivity index (χ2v) is 8.16. The Hall–Kier alpha value is -3.25. The van der Waals surface area contributed by atoms with E-state index in [9.17, 15) is 9.59 Å². The molecule has 0 radical (unpaired) electrons. The zero-order chi connectivity index (χ0) is 21.3. The van der Waals surface area contributed by atoms with Crippen molar-refractivity contribution in [2.45, 2.75) is 25.7 Å². The fourth-order valence-electron chi connectivity index (χ4n) is 3.48. The maximum atomic E-state index is 13.2. The molecule has 0 spiro atoms. The molecule has 1 aliphatic rings. The van der Waals surface area contributed by atoms with Gasteiger partial charge in [0.2, 0.25) is 5.91 Å². The third-order valence-corrected chi connectivity index (χ3v) is 5.21. The van der Waals surface area contributed by atoms with Crippen LogP contribution in [0.5, 0.6) is 0 Å². The predicted octanol–water partition coefficient (Wildman–Crippen LogP) is 4.17. The van der Waals surface area contributed by atoms with E-state index in [1.165, 1.54) is 0 Å². The summed E-state index contributed by atoms with van der Waals surface area (Å²) in [7, 11) is 3.69. The van der Waals surface area contributed by atoms with E-state index in [0.29, 0.717) is 29.4 Å². The van der Waals surface area contributed by atoms with Gasteiger partial charge in [0.1, 0.15) is 0 Å². The Labute approximate surface area is 176 Å². The Morgan fingerprint density at radius 2 is 1.83 bits per heavy atom. The van der Waals surface area contributed by atoms with Crippen LogP contribution >= 0.6 is 0 Å². The molecule has 0 atom stereocenters. The van der Waals surface area contributed by atoms with Crippen LogP contribution in [0.4, 0.5) is 11.4 Å². The number of hydrogen-bond donors (Lipinski definition) is 2. The lowest BCUT2D eigenvalue weighted by Crippen LogP contribution is -2.27. The minimum absolute atomic E-state index is 0.0965. The number of anilines is 2. The topological polar surface area (TPSA) is 74.3 Å². The average molecular weight is 402 g/mol. The van der Waals surface area contributed by atoms with Gasteiger partial charge in [-0.25, -0.2) is 0 Å². The van der Waals surface area contributed by atoms with Crippen molar-refractivity contribution in [3.8, 4) is 0 Å². The molecular formula is C24H26N4O2. The van der Waals surface area contributed by atoms with Crippen LogP contribution in [0.15, 0.2) is 48.5 Å². The minimum Gasteiger partial charge on any atom is -0.325 e. The highest BCUT2D eigenvalue weighted by atomic mass is 16.2. The summed E-state index contributed by atoms with van der Waals surface area (Å²) in [4.78, 5) is 31.8. The highest BCUT2D eigenvalue weighted by Crippen LogP contribution is 2.40. The summed E-state index contributed by atoms with van der Waals surface area (Å²) in [5.41, 5.74) is 4.72. The van der Waals surface area contributed by atoms with Gasteiger partial charge >= 0.3 is 0 Å². The lowest BCUT2D eigenvalue weighted by Gasteiger charge is -2.14. The van der Waals surface area contributed by atoms with Crippen LogP contribution in [0, 0.1) is 6.92 Å². The fraction of sp³-hybridized carbons (Fsp3) is 0.292. The van der Waals surface area contributed by atoms with E-state index in [1.807, 2.05) is 68.4 Å². The molecule has 0 bridgehead atoms. The zero-order valence-electron chi connectivity index (χ0n) is 17.5. The zero-order valence-corrected chi connectivity index (χ0v) is 17.5. The van der Waals surface area contributed by atoms with Crippen LogP contribution in [0.1, 0.15) is 40.4 Å². The number of aromatic nitrogens is 1. The molecule has 1 fully saturated rings. The van der Waals surface area contributed by atoms with Crippen molar-refractivity contribution in [1.29, 1.82) is 0 Å². The van der Waals surface area contributed by atoms with Crippen molar-refractivity contribution in [2.75, 3.05) is 31.3 Å². The molecule has 2 N–H and O–H groups in total. The molecule has 0 aliphatic heterocycles. The van der Waals surface area contributed by atoms with E-state index in [0.717, 1.165) is 35.0 Å². The van der Waals surface area contributed by atoms with Gasteiger partial charge in [-0.05, 0) is 63.7 Å². The molecule has 2 amide bonds. The monoisotopic (exact) mass is 402 g/mol. The molecule has 154 valence electrons. The molecule has 3 aromatic rings. The Kier molecular flexibility index (Phi) is 5.50. The summed E-state index contributed by atoms with van der Waals surface area (Å²) in [6.07, 6.45) is 2.25. The molecule has 6 nitrogen and oxygen atoms in total. The highest BCUT2D eigenvalue weighted by molar-refractivity contribution is 6.12. The third kappa shape index (κ3) is 4.49. The van der Waals surface area contributed by atoms with Crippen LogP contribution in [-0.2, 0) is 4.79 Å². The van der Waals surface area contributed by atoms with Gasteiger partial charge in [0.25, 0.3) is 5.91 Å². The van der Waals surface area contributed by atoms with E-state index in [1.54, 1.807) is 6.07 Å². The van der Waals surface area contributed by atoms with Gasteiger partial charge < -0.3 is 15.5 Å². The number of likely N-dealkylation sites (N-methyl/N-ethyl adjacent to an activating group) is 1. The molecule has 1 saturated carbocycles. The second kappa shape index (κ2) is 8.24. The smallest absolute Gasteiger partial charge is 0.256 e. The first-order chi connectivity index (χ1) is 14.4. The number of hydrogen-bond acceptors (Lipinski definition) is 4. The Morgan fingerprint density at radius 1 is 1.07 bits per heavy atom. The van der Waals surface area contributed by atoms with Crippen LogP contribution < -0.4 is 10.6 Å². The largest absolute Gasteiger partial charge is 0.325 e. The van der Waals surface area contributed by atoms with E-state index in [-0.39, 0.29) is 11.8 Å². The SMILES string of the molecule is Cc1ccc(NC(=O)c2cc(C3CC3)nc3ccccc23)cc1NC(=O)CN(C)C. The average Bonchev–Trinajstić information content (AvgIpc) is 3.54. The number of aryl methyl sites for hydroxylation is 1. The van der Waals surface area contributed by atoms with Crippen LogP contribution in [0.25, 0.3) is 10.9 Å². The Bertz CT molecular complexity index is 1120. The number of benzene rings is 2. The number of rotatable bonds is 6. The standard InChI is InChI=1S/C24H26N4O2/c1-15-8-11-17(12-21(15)27-23(29)14-28(2)3)25-24(30)19-13-22(16-9-10-16)26-20-7-5-4-6-18(19)20/h4-8,11-13,16H,9-10,14H2,1-3H3,(H,25,30)(H,27,29). The molecule has 1 aliphatic carbocycles.